The summed E-state index contributed by atoms with van der Waals surface area (Å²) in [4.78, 5) is 25.0. The van der Waals surface area contributed by atoms with Gasteiger partial charge in [-0.25, -0.2) is 9.59 Å². The number of unbranched alkanes of at least 4 members (excludes halogenated alkanes) is 3. The van der Waals surface area contributed by atoms with Crippen molar-refractivity contribution >= 4 is 68.9 Å². The monoisotopic (exact) mass is 504 g/mol. The van der Waals surface area contributed by atoms with Crippen LogP contribution in [0.3, 0.4) is 0 Å². The summed E-state index contributed by atoms with van der Waals surface area (Å²) in [5.41, 5.74) is 2.49. The number of hydrogen-bond donors (Lipinski definition) is 2. The number of thioether (sulfide) groups is 3. The first kappa shape index (κ1) is 26.2. The first-order valence-electron chi connectivity index (χ1n) is 10.1. The number of aliphatic carboxylic acids is 2. The second-order valence-electron chi connectivity index (χ2n) is 6.89. The average molecular weight is 505 g/mol. The second kappa shape index (κ2) is 14.9. The summed E-state index contributed by atoms with van der Waals surface area (Å²) in [6, 6.07) is 0. The molecule has 2 N–H and O–H groups in total. The molecule has 172 valence electrons. The molecule has 0 atom stereocenters. The summed E-state index contributed by atoms with van der Waals surface area (Å²) in [6.45, 7) is 3.17. The highest BCUT2D eigenvalue weighted by molar-refractivity contribution is 8.39. The van der Waals surface area contributed by atoms with Crippen LogP contribution in [0.4, 0.5) is 0 Å². The van der Waals surface area contributed by atoms with Gasteiger partial charge in [-0.3, -0.25) is 4.99 Å². The number of hydrogen-bond acceptors (Lipinski definition) is 10. The fourth-order valence-corrected chi connectivity index (χ4v) is 6.61. The van der Waals surface area contributed by atoms with E-state index in [0.717, 1.165) is 42.5 Å². The number of carboxylic acid groups (broad SMARTS) is 2. The van der Waals surface area contributed by atoms with E-state index >= 15 is 0 Å². The van der Waals surface area contributed by atoms with Gasteiger partial charge in [0.05, 0.1) is 18.3 Å². The Balaban J connectivity index is 0.000000501. The SMILES string of the molecule is CN1CCC=C(c2nsnc2SCCCCCCSC2=NCCS2)C1.O=C(O)C(=O)O. The minimum atomic E-state index is -1.82. The van der Waals surface area contributed by atoms with Gasteiger partial charge in [0, 0.05) is 18.8 Å². The van der Waals surface area contributed by atoms with Gasteiger partial charge in [0.1, 0.15) is 15.1 Å². The van der Waals surface area contributed by atoms with Crippen molar-refractivity contribution in [3.8, 4) is 0 Å². The summed E-state index contributed by atoms with van der Waals surface area (Å²) in [7, 11) is 2.18. The van der Waals surface area contributed by atoms with Crippen LogP contribution in [0.25, 0.3) is 5.57 Å². The highest BCUT2D eigenvalue weighted by Crippen LogP contribution is 2.29. The standard InChI is InChI=1S/C17H26N4S4.C2H2O4/c1-21-9-6-7-14(13-21)15-16(20-25-19-15)22-10-4-2-3-5-11-23-17-18-8-12-24-17;3-1(4)2(5)6/h7H,2-6,8-13H2,1H3;(H,3,4)(H,5,6). The molecule has 0 saturated heterocycles. The molecule has 0 unspecified atom stereocenters. The largest absolute Gasteiger partial charge is 0.473 e. The quantitative estimate of drug-likeness (QED) is 0.291. The van der Waals surface area contributed by atoms with Crippen LogP contribution in [0, 0.1) is 0 Å². The first-order chi connectivity index (χ1) is 15.0. The molecular formula is C19H28N4O4S4. The molecule has 12 heteroatoms. The van der Waals surface area contributed by atoms with E-state index in [1.807, 2.05) is 35.3 Å². The van der Waals surface area contributed by atoms with E-state index in [2.05, 4.69) is 31.8 Å². The molecule has 3 rings (SSSR count). The van der Waals surface area contributed by atoms with Crippen LogP contribution >= 0.6 is 47.0 Å². The lowest BCUT2D eigenvalue weighted by molar-refractivity contribution is -0.159. The Kier molecular flexibility index (Phi) is 12.6. The van der Waals surface area contributed by atoms with Crippen molar-refractivity contribution < 1.29 is 19.8 Å². The molecule has 3 heterocycles. The Hall–Kier alpha value is -1.08. The molecule has 2 aliphatic rings. The van der Waals surface area contributed by atoms with Gasteiger partial charge in [-0.1, -0.05) is 42.4 Å². The topological polar surface area (TPSA) is 116 Å². The normalized spacial score (nSPS) is 16.3. The van der Waals surface area contributed by atoms with Crippen LogP contribution in [0.5, 0.6) is 0 Å². The van der Waals surface area contributed by atoms with Gasteiger partial charge in [0.2, 0.25) is 0 Å². The predicted molar refractivity (Wildman–Crippen MR) is 132 cm³/mol. The number of carbonyl (C=O) groups is 2. The number of carboxylic acids is 2. The summed E-state index contributed by atoms with van der Waals surface area (Å²) in [5.74, 6) is -0.0943. The molecule has 8 nitrogen and oxygen atoms in total. The molecule has 0 aliphatic carbocycles. The van der Waals surface area contributed by atoms with Crippen LogP contribution in [-0.2, 0) is 9.59 Å². The zero-order valence-corrected chi connectivity index (χ0v) is 20.8. The van der Waals surface area contributed by atoms with Gasteiger partial charge < -0.3 is 15.1 Å². The maximum atomic E-state index is 9.10. The summed E-state index contributed by atoms with van der Waals surface area (Å²) < 4.78 is 10.4. The zero-order valence-electron chi connectivity index (χ0n) is 17.5. The number of likely N-dealkylation sites (N-methyl/N-ethyl adjacent to an activating group) is 1. The molecule has 0 fully saturated rings. The Morgan fingerprint density at radius 3 is 2.42 bits per heavy atom. The average Bonchev–Trinajstić information content (AvgIpc) is 3.42. The van der Waals surface area contributed by atoms with Crippen LogP contribution in [0.2, 0.25) is 0 Å². The van der Waals surface area contributed by atoms with Crippen LogP contribution in [0.15, 0.2) is 16.1 Å². The molecule has 31 heavy (non-hydrogen) atoms. The minimum Gasteiger partial charge on any atom is -0.473 e. The lowest BCUT2D eigenvalue weighted by atomic mass is 10.1. The fraction of sp³-hybridized carbons (Fsp3) is 0.632. The summed E-state index contributed by atoms with van der Waals surface area (Å²) in [5, 5.41) is 15.9. The van der Waals surface area contributed by atoms with Crippen molar-refractivity contribution in [2.45, 2.75) is 37.1 Å². The molecule has 0 spiro atoms. The Morgan fingerprint density at radius 2 is 1.81 bits per heavy atom. The minimum absolute atomic E-state index is 1.00. The first-order valence-corrected chi connectivity index (χ1v) is 13.8. The highest BCUT2D eigenvalue weighted by atomic mass is 32.2. The molecule has 0 amide bonds. The smallest absolute Gasteiger partial charge is 0.414 e. The molecule has 0 radical (unpaired) electrons. The van der Waals surface area contributed by atoms with Crippen molar-refractivity contribution in [1.29, 1.82) is 0 Å². The van der Waals surface area contributed by atoms with Gasteiger partial charge in [-0.15, -0.1) is 11.8 Å². The van der Waals surface area contributed by atoms with E-state index < -0.39 is 11.9 Å². The van der Waals surface area contributed by atoms with E-state index in [-0.39, 0.29) is 0 Å². The fourth-order valence-electron chi connectivity index (χ4n) is 2.83. The molecule has 2 aliphatic heterocycles. The third kappa shape index (κ3) is 10.4. The van der Waals surface area contributed by atoms with Gasteiger partial charge in [-0.05, 0) is 43.4 Å². The number of aliphatic imine (C=N–C) groups is 1. The Bertz CT molecular complexity index is 773. The van der Waals surface area contributed by atoms with Gasteiger partial charge in [-0.2, -0.15) is 8.75 Å². The van der Waals surface area contributed by atoms with Crippen molar-refractivity contribution in [3.05, 3.63) is 11.8 Å². The van der Waals surface area contributed by atoms with Gasteiger partial charge in [0.25, 0.3) is 0 Å². The molecule has 1 aromatic rings. The molecule has 1 aromatic heterocycles. The molecular weight excluding hydrogens is 477 g/mol. The third-order valence-electron chi connectivity index (χ3n) is 4.35. The maximum absolute atomic E-state index is 9.10. The van der Waals surface area contributed by atoms with Crippen LogP contribution < -0.4 is 0 Å². The molecule has 0 aromatic carbocycles. The van der Waals surface area contributed by atoms with E-state index in [4.69, 9.17) is 19.8 Å². The van der Waals surface area contributed by atoms with E-state index in [9.17, 15) is 0 Å². The molecule has 0 saturated carbocycles. The predicted octanol–water partition coefficient (Wildman–Crippen LogP) is 3.90. The number of rotatable bonds is 9. The third-order valence-corrected chi connectivity index (χ3v) is 8.38. The van der Waals surface area contributed by atoms with E-state index in [1.165, 1.54) is 58.9 Å². The van der Waals surface area contributed by atoms with E-state index in [1.54, 1.807) is 0 Å². The van der Waals surface area contributed by atoms with Crippen molar-refractivity contribution in [3.63, 3.8) is 0 Å². The van der Waals surface area contributed by atoms with Crippen LogP contribution in [-0.4, -0.2) is 84.1 Å². The summed E-state index contributed by atoms with van der Waals surface area (Å²) in [6.07, 6.45) is 8.66. The van der Waals surface area contributed by atoms with Gasteiger partial charge >= 0.3 is 11.9 Å². The maximum Gasteiger partial charge on any atom is 0.414 e. The summed E-state index contributed by atoms with van der Waals surface area (Å²) >= 11 is 7.09. The van der Waals surface area contributed by atoms with Crippen molar-refractivity contribution in [2.24, 2.45) is 4.99 Å². The lowest BCUT2D eigenvalue weighted by Crippen LogP contribution is -2.25. The molecule has 0 bridgehead atoms. The van der Waals surface area contributed by atoms with Crippen molar-refractivity contribution in [2.75, 3.05) is 43.9 Å². The zero-order chi connectivity index (χ0) is 22.5. The lowest BCUT2D eigenvalue weighted by Gasteiger charge is -2.22. The van der Waals surface area contributed by atoms with Gasteiger partial charge in [0.15, 0.2) is 0 Å². The second-order valence-corrected chi connectivity index (χ2v) is 10.9. The van der Waals surface area contributed by atoms with Crippen LogP contribution in [0.1, 0.15) is 37.8 Å². The number of nitrogens with zero attached hydrogens (tertiary/aromatic N) is 4. The van der Waals surface area contributed by atoms with Crippen molar-refractivity contribution in [1.82, 2.24) is 13.6 Å². The Labute approximate surface area is 199 Å². The number of aromatic nitrogens is 2. The van der Waals surface area contributed by atoms with E-state index in [0.29, 0.717) is 0 Å². The Morgan fingerprint density at radius 1 is 1.10 bits per heavy atom. The highest BCUT2D eigenvalue weighted by Gasteiger charge is 2.17.